The van der Waals surface area contributed by atoms with Gasteiger partial charge < -0.3 is 14.7 Å². The van der Waals surface area contributed by atoms with Crippen LogP contribution >= 0.6 is 0 Å². The highest BCUT2D eigenvalue weighted by molar-refractivity contribution is 5.95. The van der Waals surface area contributed by atoms with E-state index in [2.05, 4.69) is 0 Å². The molecule has 7 heteroatoms. The molecule has 0 bridgehead atoms. The molecule has 1 saturated heterocycles. The molecule has 7 nitrogen and oxygen atoms in total. The van der Waals surface area contributed by atoms with Gasteiger partial charge in [0.15, 0.2) is 0 Å². The number of benzene rings is 1. The van der Waals surface area contributed by atoms with Crippen LogP contribution in [-0.2, 0) is 4.74 Å². The maximum Gasteiger partial charge on any atom is 0.338 e. The summed E-state index contributed by atoms with van der Waals surface area (Å²) in [6, 6.07) is 3.95. The normalized spacial score (nSPS) is 15.7. The zero-order chi connectivity index (χ0) is 15.4. The van der Waals surface area contributed by atoms with Crippen molar-refractivity contribution in [2.24, 2.45) is 5.92 Å². The van der Waals surface area contributed by atoms with Gasteiger partial charge in [0.1, 0.15) is 0 Å². The number of ether oxygens (including phenoxy) is 1. The minimum absolute atomic E-state index is 0.0428. The third-order valence-corrected chi connectivity index (χ3v) is 3.71. The summed E-state index contributed by atoms with van der Waals surface area (Å²) >= 11 is 0. The lowest BCUT2D eigenvalue weighted by molar-refractivity contribution is -0.384. The van der Waals surface area contributed by atoms with Crippen LogP contribution in [0.5, 0.6) is 0 Å². The Labute approximate surface area is 122 Å². The van der Waals surface area contributed by atoms with Gasteiger partial charge in [0.25, 0.3) is 5.69 Å². The molecule has 0 spiro atoms. The highest BCUT2D eigenvalue weighted by Gasteiger charge is 2.21. The highest BCUT2D eigenvalue weighted by Crippen LogP contribution is 2.27. The van der Waals surface area contributed by atoms with Crippen LogP contribution in [0, 0.1) is 16.0 Å². The SMILES string of the molecule is CN(CC1CCOCC1)c1ccc([N+](=O)[O-])cc1C(=O)O. The van der Waals surface area contributed by atoms with Crippen molar-refractivity contribution in [1.29, 1.82) is 0 Å². The first-order valence-electron chi connectivity index (χ1n) is 6.79. The second-order valence-electron chi connectivity index (χ2n) is 5.20. The van der Waals surface area contributed by atoms with Crippen LogP contribution in [0.25, 0.3) is 0 Å². The third kappa shape index (κ3) is 3.69. The van der Waals surface area contributed by atoms with E-state index in [-0.39, 0.29) is 11.3 Å². The molecular weight excluding hydrogens is 276 g/mol. The van der Waals surface area contributed by atoms with Crippen LogP contribution in [0.4, 0.5) is 11.4 Å². The van der Waals surface area contributed by atoms with E-state index in [1.54, 1.807) is 0 Å². The molecule has 114 valence electrons. The standard InChI is InChI=1S/C14H18N2O5/c1-15(9-10-4-6-21-7-5-10)13-3-2-11(16(19)20)8-12(13)14(17)18/h2-3,8,10H,4-7,9H2,1H3,(H,17,18). The van der Waals surface area contributed by atoms with Gasteiger partial charge in [-0.25, -0.2) is 4.79 Å². The van der Waals surface area contributed by atoms with E-state index in [9.17, 15) is 20.0 Å². The van der Waals surface area contributed by atoms with Crippen LogP contribution in [0.15, 0.2) is 18.2 Å². The minimum Gasteiger partial charge on any atom is -0.478 e. The summed E-state index contributed by atoms with van der Waals surface area (Å²) in [6.07, 6.45) is 1.89. The molecule has 1 aliphatic rings. The minimum atomic E-state index is -1.16. The fraction of sp³-hybridized carbons (Fsp3) is 0.500. The van der Waals surface area contributed by atoms with Gasteiger partial charge in [0, 0.05) is 38.9 Å². The van der Waals surface area contributed by atoms with Gasteiger partial charge in [-0.3, -0.25) is 10.1 Å². The number of nitrogens with zero attached hydrogens (tertiary/aromatic N) is 2. The van der Waals surface area contributed by atoms with E-state index in [0.29, 0.717) is 18.2 Å². The van der Waals surface area contributed by atoms with Crippen LogP contribution in [0.1, 0.15) is 23.2 Å². The van der Waals surface area contributed by atoms with Crippen molar-refractivity contribution < 1.29 is 19.6 Å². The molecule has 0 saturated carbocycles. The lowest BCUT2D eigenvalue weighted by atomic mass is 9.99. The fourth-order valence-electron chi connectivity index (χ4n) is 2.56. The number of carboxylic acids is 1. The summed E-state index contributed by atoms with van der Waals surface area (Å²) in [5.41, 5.74) is 0.244. The van der Waals surface area contributed by atoms with Gasteiger partial charge in [-0.15, -0.1) is 0 Å². The van der Waals surface area contributed by atoms with Crippen LogP contribution in [0.2, 0.25) is 0 Å². The Morgan fingerprint density at radius 2 is 2.14 bits per heavy atom. The second kappa shape index (κ2) is 6.53. The average Bonchev–Trinajstić information content (AvgIpc) is 2.47. The number of anilines is 1. The van der Waals surface area contributed by atoms with E-state index in [1.807, 2.05) is 11.9 Å². The summed E-state index contributed by atoms with van der Waals surface area (Å²) in [5.74, 6) is -0.715. The Morgan fingerprint density at radius 1 is 1.48 bits per heavy atom. The molecule has 0 atom stereocenters. The Balaban J connectivity index is 2.20. The van der Waals surface area contributed by atoms with E-state index < -0.39 is 10.9 Å². The zero-order valence-electron chi connectivity index (χ0n) is 11.8. The summed E-state index contributed by atoms with van der Waals surface area (Å²) in [7, 11) is 1.81. The second-order valence-corrected chi connectivity index (χ2v) is 5.20. The maximum absolute atomic E-state index is 11.3. The topological polar surface area (TPSA) is 92.9 Å². The summed E-state index contributed by atoms with van der Waals surface area (Å²) in [6.45, 7) is 2.16. The number of nitro benzene ring substituents is 1. The first-order chi connectivity index (χ1) is 9.99. The van der Waals surface area contributed by atoms with Crippen LogP contribution < -0.4 is 4.90 Å². The van der Waals surface area contributed by atoms with Crippen LogP contribution in [0.3, 0.4) is 0 Å². The molecule has 0 amide bonds. The molecule has 21 heavy (non-hydrogen) atoms. The van der Waals surface area contributed by atoms with E-state index in [0.717, 1.165) is 32.1 Å². The number of carboxylic acid groups (broad SMARTS) is 1. The molecule has 0 radical (unpaired) electrons. The van der Waals surface area contributed by atoms with E-state index in [1.165, 1.54) is 12.1 Å². The lowest BCUT2D eigenvalue weighted by Gasteiger charge is -2.29. The Kier molecular flexibility index (Phi) is 4.74. The van der Waals surface area contributed by atoms with Crippen molar-refractivity contribution in [3.8, 4) is 0 Å². The van der Waals surface area contributed by atoms with Crippen LogP contribution in [-0.4, -0.2) is 42.8 Å². The molecule has 2 rings (SSSR count). The number of non-ortho nitro benzene ring substituents is 1. The van der Waals surface area contributed by atoms with Crippen molar-refractivity contribution >= 4 is 17.3 Å². The molecular formula is C14H18N2O5. The molecule has 0 unspecified atom stereocenters. The molecule has 0 aromatic heterocycles. The fourth-order valence-corrected chi connectivity index (χ4v) is 2.56. The molecule has 1 heterocycles. The van der Waals surface area contributed by atoms with Gasteiger partial charge >= 0.3 is 5.97 Å². The smallest absolute Gasteiger partial charge is 0.338 e. The van der Waals surface area contributed by atoms with Crippen molar-refractivity contribution in [2.75, 3.05) is 31.7 Å². The van der Waals surface area contributed by atoms with E-state index in [4.69, 9.17) is 4.74 Å². The number of hydrogen-bond acceptors (Lipinski definition) is 5. The maximum atomic E-state index is 11.3. The third-order valence-electron chi connectivity index (χ3n) is 3.71. The predicted octanol–water partition coefficient (Wildman–Crippen LogP) is 2.16. The Morgan fingerprint density at radius 3 is 2.71 bits per heavy atom. The van der Waals surface area contributed by atoms with Gasteiger partial charge in [-0.05, 0) is 24.8 Å². The molecule has 1 aromatic rings. The predicted molar refractivity (Wildman–Crippen MR) is 76.9 cm³/mol. The first kappa shape index (κ1) is 15.2. The average molecular weight is 294 g/mol. The van der Waals surface area contributed by atoms with Crippen molar-refractivity contribution in [3.63, 3.8) is 0 Å². The molecule has 1 aliphatic heterocycles. The first-order valence-corrected chi connectivity index (χ1v) is 6.79. The summed E-state index contributed by atoms with van der Waals surface area (Å²) in [4.78, 5) is 23.3. The molecule has 1 fully saturated rings. The van der Waals surface area contributed by atoms with Gasteiger partial charge in [-0.1, -0.05) is 0 Å². The van der Waals surface area contributed by atoms with Gasteiger partial charge in [-0.2, -0.15) is 0 Å². The molecule has 1 aromatic carbocycles. The summed E-state index contributed by atoms with van der Waals surface area (Å²) < 4.78 is 5.30. The van der Waals surface area contributed by atoms with Crippen molar-refractivity contribution in [1.82, 2.24) is 0 Å². The van der Waals surface area contributed by atoms with E-state index >= 15 is 0 Å². The Bertz CT molecular complexity index is 540. The molecule has 1 N–H and O–H groups in total. The Hall–Kier alpha value is -2.15. The largest absolute Gasteiger partial charge is 0.478 e. The highest BCUT2D eigenvalue weighted by atomic mass is 16.6. The number of aromatic carboxylic acids is 1. The number of rotatable bonds is 5. The van der Waals surface area contributed by atoms with Crippen molar-refractivity contribution in [2.45, 2.75) is 12.8 Å². The van der Waals surface area contributed by atoms with Crippen molar-refractivity contribution in [3.05, 3.63) is 33.9 Å². The number of nitro groups is 1. The summed E-state index contributed by atoms with van der Waals surface area (Å²) in [5, 5.41) is 20.0. The number of hydrogen-bond donors (Lipinski definition) is 1. The van der Waals surface area contributed by atoms with Gasteiger partial charge in [0.2, 0.25) is 0 Å². The monoisotopic (exact) mass is 294 g/mol. The van der Waals surface area contributed by atoms with Gasteiger partial charge in [0.05, 0.1) is 16.2 Å². The lowest BCUT2D eigenvalue weighted by Crippen LogP contribution is -2.30. The molecule has 0 aliphatic carbocycles. The zero-order valence-corrected chi connectivity index (χ0v) is 11.8. The number of carbonyl (C=O) groups is 1. The quantitative estimate of drug-likeness (QED) is 0.660.